The molecule has 0 unspecified atom stereocenters. The van der Waals surface area contributed by atoms with E-state index in [-0.39, 0.29) is 11.3 Å². The minimum atomic E-state index is -0.428. The fourth-order valence-corrected chi connectivity index (χ4v) is 3.20. The van der Waals surface area contributed by atoms with E-state index in [2.05, 4.69) is 20.6 Å². The number of benzene rings is 3. The number of hydrogen-bond acceptors (Lipinski definition) is 5. The first-order chi connectivity index (χ1) is 14.9. The molecule has 0 fully saturated rings. The van der Waals surface area contributed by atoms with E-state index in [0.29, 0.717) is 22.1 Å². The normalized spacial score (nSPS) is 11.2. The maximum Gasteiger partial charge on any atom is 0.276 e. The Balaban J connectivity index is 1.70. The Morgan fingerprint density at radius 1 is 0.903 bits per heavy atom. The summed E-state index contributed by atoms with van der Waals surface area (Å²) in [5.41, 5.74) is 3.79. The van der Waals surface area contributed by atoms with Crippen LogP contribution in [0.2, 0.25) is 0 Å². The van der Waals surface area contributed by atoms with Crippen molar-refractivity contribution in [1.29, 1.82) is 0 Å². The van der Waals surface area contributed by atoms with Gasteiger partial charge in [-0.1, -0.05) is 42.0 Å². The van der Waals surface area contributed by atoms with E-state index in [9.17, 15) is 9.59 Å². The number of fused-ring (bicyclic) bond motifs is 1. The molecule has 1 amide bonds. The molecule has 0 saturated carbocycles. The third-order valence-electron chi connectivity index (χ3n) is 4.88. The molecule has 0 bridgehead atoms. The molecule has 154 valence electrons. The summed E-state index contributed by atoms with van der Waals surface area (Å²) in [5, 5.41) is 16.6. The molecule has 7 heteroatoms. The lowest BCUT2D eigenvalue weighted by Crippen LogP contribution is -2.25. The smallest absolute Gasteiger partial charge is 0.276 e. The van der Waals surface area contributed by atoms with Gasteiger partial charge in [0.2, 0.25) is 0 Å². The molecule has 0 atom stereocenters. The number of anilines is 1. The second kappa shape index (κ2) is 8.31. The monoisotopic (exact) mass is 411 g/mol. The molecule has 7 nitrogen and oxygen atoms in total. The Bertz CT molecular complexity index is 1370. The van der Waals surface area contributed by atoms with Gasteiger partial charge in [0.05, 0.1) is 16.8 Å². The minimum absolute atomic E-state index is 0.166. The van der Waals surface area contributed by atoms with Crippen molar-refractivity contribution in [2.45, 2.75) is 13.8 Å². The first kappa shape index (κ1) is 20.2. The Hall–Kier alpha value is -4.13. The minimum Gasteiger partial charge on any atom is -0.319 e. The van der Waals surface area contributed by atoms with Crippen molar-refractivity contribution in [1.82, 2.24) is 9.78 Å². The largest absolute Gasteiger partial charge is 0.319 e. The standard InChI is InChI=1S/C24H21N5O2/c1-15-8-11-17(12-9-15)26-27-21-14-16(2)10-13-20(21)25-23(30)22-18-6-4-5-7-19(18)24(31)29(3)28-22/h4-14H,1-3H3,(H,25,30). The van der Waals surface area contributed by atoms with Gasteiger partial charge in [0.15, 0.2) is 5.69 Å². The van der Waals surface area contributed by atoms with E-state index >= 15 is 0 Å². The molecule has 0 aliphatic heterocycles. The highest BCUT2D eigenvalue weighted by Crippen LogP contribution is 2.29. The molecule has 4 aromatic rings. The van der Waals surface area contributed by atoms with Crippen molar-refractivity contribution in [3.63, 3.8) is 0 Å². The zero-order valence-electron chi connectivity index (χ0n) is 17.5. The number of carbonyl (C=O) groups is 1. The van der Waals surface area contributed by atoms with Crippen molar-refractivity contribution in [3.05, 3.63) is 93.9 Å². The average molecular weight is 411 g/mol. The second-order valence-electron chi connectivity index (χ2n) is 7.33. The van der Waals surface area contributed by atoms with E-state index in [4.69, 9.17) is 0 Å². The Morgan fingerprint density at radius 3 is 2.32 bits per heavy atom. The highest BCUT2D eigenvalue weighted by atomic mass is 16.2. The summed E-state index contributed by atoms with van der Waals surface area (Å²) < 4.78 is 1.17. The number of aryl methyl sites for hydroxylation is 3. The van der Waals surface area contributed by atoms with Crippen LogP contribution in [0.15, 0.2) is 81.8 Å². The number of nitrogens with one attached hydrogen (secondary N) is 1. The van der Waals surface area contributed by atoms with E-state index < -0.39 is 5.91 Å². The van der Waals surface area contributed by atoms with E-state index in [0.717, 1.165) is 16.8 Å². The van der Waals surface area contributed by atoms with E-state index in [1.54, 1.807) is 30.3 Å². The van der Waals surface area contributed by atoms with Crippen LogP contribution in [0.3, 0.4) is 0 Å². The lowest BCUT2D eigenvalue weighted by Gasteiger charge is -2.11. The van der Waals surface area contributed by atoms with Gasteiger partial charge in [0.25, 0.3) is 11.5 Å². The maximum absolute atomic E-state index is 13.1. The summed E-state index contributed by atoms with van der Waals surface area (Å²) in [7, 11) is 1.53. The zero-order chi connectivity index (χ0) is 22.0. The number of rotatable bonds is 4. The Labute approximate surface area is 179 Å². The lowest BCUT2D eigenvalue weighted by molar-refractivity contribution is 0.102. The van der Waals surface area contributed by atoms with Gasteiger partial charge in [-0.15, -0.1) is 5.11 Å². The summed E-state index contributed by atoms with van der Waals surface area (Å²) in [6.45, 7) is 3.95. The van der Waals surface area contributed by atoms with Crippen molar-refractivity contribution < 1.29 is 4.79 Å². The quantitative estimate of drug-likeness (QED) is 0.467. The van der Waals surface area contributed by atoms with Crippen molar-refractivity contribution >= 4 is 33.7 Å². The van der Waals surface area contributed by atoms with Crippen LogP contribution in [-0.2, 0) is 7.05 Å². The summed E-state index contributed by atoms with van der Waals surface area (Å²) in [5.74, 6) is -0.428. The van der Waals surface area contributed by atoms with Crippen molar-refractivity contribution in [2.24, 2.45) is 17.3 Å². The van der Waals surface area contributed by atoms with Crippen LogP contribution < -0.4 is 10.9 Å². The Kier molecular flexibility index (Phi) is 5.41. The maximum atomic E-state index is 13.1. The number of amides is 1. The summed E-state index contributed by atoms with van der Waals surface area (Å²) in [6.07, 6.45) is 0. The molecule has 0 saturated heterocycles. The molecule has 31 heavy (non-hydrogen) atoms. The second-order valence-corrected chi connectivity index (χ2v) is 7.33. The van der Waals surface area contributed by atoms with Crippen LogP contribution >= 0.6 is 0 Å². The fourth-order valence-electron chi connectivity index (χ4n) is 3.20. The number of aromatic nitrogens is 2. The first-order valence-corrected chi connectivity index (χ1v) is 9.79. The van der Waals surface area contributed by atoms with Crippen LogP contribution in [0, 0.1) is 13.8 Å². The third kappa shape index (κ3) is 4.25. The van der Waals surface area contributed by atoms with Crippen LogP contribution in [0.5, 0.6) is 0 Å². The zero-order valence-corrected chi connectivity index (χ0v) is 17.5. The summed E-state index contributed by atoms with van der Waals surface area (Å²) >= 11 is 0. The molecule has 4 rings (SSSR count). The molecule has 1 N–H and O–H groups in total. The van der Waals surface area contributed by atoms with Gasteiger partial charge in [-0.3, -0.25) is 9.59 Å². The number of azo groups is 1. The van der Waals surface area contributed by atoms with Crippen LogP contribution in [0.25, 0.3) is 10.8 Å². The predicted octanol–water partition coefficient (Wildman–Crippen LogP) is 5.22. The van der Waals surface area contributed by atoms with Crippen LogP contribution in [-0.4, -0.2) is 15.7 Å². The van der Waals surface area contributed by atoms with Gasteiger partial charge < -0.3 is 5.32 Å². The van der Waals surface area contributed by atoms with E-state index in [1.165, 1.54) is 11.7 Å². The van der Waals surface area contributed by atoms with Crippen LogP contribution in [0.4, 0.5) is 17.1 Å². The molecular formula is C24H21N5O2. The third-order valence-corrected chi connectivity index (χ3v) is 4.88. The van der Waals surface area contributed by atoms with Gasteiger partial charge in [-0.2, -0.15) is 10.2 Å². The Morgan fingerprint density at radius 2 is 1.58 bits per heavy atom. The SMILES string of the molecule is Cc1ccc(N=Nc2cc(C)ccc2NC(=O)c2nn(C)c(=O)c3ccccc23)cc1. The lowest BCUT2D eigenvalue weighted by atomic mass is 10.1. The summed E-state index contributed by atoms with van der Waals surface area (Å²) in [6, 6.07) is 20.1. The topological polar surface area (TPSA) is 88.7 Å². The van der Waals surface area contributed by atoms with Crippen LogP contribution in [0.1, 0.15) is 21.6 Å². The number of nitrogens with zero attached hydrogens (tertiary/aromatic N) is 4. The molecule has 0 radical (unpaired) electrons. The van der Waals surface area contributed by atoms with E-state index in [1.807, 2.05) is 50.2 Å². The van der Waals surface area contributed by atoms with Gasteiger partial charge in [0.1, 0.15) is 5.69 Å². The molecule has 0 spiro atoms. The molecule has 0 aliphatic rings. The molecule has 0 aliphatic carbocycles. The molecule has 1 heterocycles. The molecule has 3 aromatic carbocycles. The highest BCUT2D eigenvalue weighted by molar-refractivity contribution is 6.11. The van der Waals surface area contributed by atoms with Crippen molar-refractivity contribution in [3.8, 4) is 0 Å². The molecule has 1 aromatic heterocycles. The average Bonchev–Trinajstić information content (AvgIpc) is 2.77. The van der Waals surface area contributed by atoms with Gasteiger partial charge in [-0.05, 0) is 49.7 Å². The van der Waals surface area contributed by atoms with Gasteiger partial charge in [0, 0.05) is 12.4 Å². The molecular weight excluding hydrogens is 390 g/mol. The highest BCUT2D eigenvalue weighted by Gasteiger charge is 2.17. The fraction of sp³-hybridized carbons (Fsp3) is 0.125. The number of hydrogen-bond donors (Lipinski definition) is 1. The van der Waals surface area contributed by atoms with Gasteiger partial charge >= 0.3 is 0 Å². The first-order valence-electron chi connectivity index (χ1n) is 9.79. The van der Waals surface area contributed by atoms with Gasteiger partial charge in [-0.25, -0.2) is 4.68 Å². The predicted molar refractivity (Wildman–Crippen MR) is 121 cm³/mol. The van der Waals surface area contributed by atoms with Crippen molar-refractivity contribution in [2.75, 3.05) is 5.32 Å². The summed E-state index contributed by atoms with van der Waals surface area (Å²) in [4.78, 5) is 25.4. The number of carbonyl (C=O) groups excluding carboxylic acids is 1.